The fourth-order valence-corrected chi connectivity index (χ4v) is 3.96. The van der Waals surface area contributed by atoms with Gasteiger partial charge in [-0.1, -0.05) is 41.1 Å². The van der Waals surface area contributed by atoms with Gasteiger partial charge in [0.25, 0.3) is 0 Å². The summed E-state index contributed by atoms with van der Waals surface area (Å²) in [6, 6.07) is 8.38. The predicted octanol–water partition coefficient (Wildman–Crippen LogP) is 2.99. The van der Waals surface area contributed by atoms with Gasteiger partial charge in [-0.15, -0.1) is 0 Å². The number of nitrogens with one attached hydrogen (secondary N) is 2. The molecule has 3 nitrogen and oxygen atoms in total. The van der Waals surface area contributed by atoms with Gasteiger partial charge < -0.3 is 10.6 Å². The fraction of sp³-hybridized carbons (Fsp3) is 0.588. The van der Waals surface area contributed by atoms with Gasteiger partial charge in [-0.25, -0.2) is 0 Å². The lowest BCUT2D eigenvalue weighted by Gasteiger charge is -2.33. The molecule has 0 unspecified atom stereocenters. The highest BCUT2D eigenvalue weighted by molar-refractivity contribution is 9.10. The monoisotopic (exact) mass is 350 g/mol. The maximum absolute atomic E-state index is 12.6. The van der Waals surface area contributed by atoms with Crippen LogP contribution in [0.5, 0.6) is 0 Å². The van der Waals surface area contributed by atoms with Gasteiger partial charge in [0.2, 0.25) is 5.91 Å². The molecule has 114 valence electrons. The van der Waals surface area contributed by atoms with E-state index in [0.29, 0.717) is 0 Å². The lowest BCUT2D eigenvalue weighted by Crippen LogP contribution is -2.47. The van der Waals surface area contributed by atoms with Crippen molar-refractivity contribution in [2.24, 2.45) is 5.41 Å². The molecule has 3 rings (SSSR count). The highest BCUT2D eigenvalue weighted by atomic mass is 79.9. The van der Waals surface area contributed by atoms with E-state index in [9.17, 15) is 4.79 Å². The molecule has 2 N–H and O–H groups in total. The van der Waals surface area contributed by atoms with E-state index < -0.39 is 0 Å². The summed E-state index contributed by atoms with van der Waals surface area (Å²) >= 11 is 3.65. The van der Waals surface area contributed by atoms with Crippen molar-refractivity contribution in [1.82, 2.24) is 10.6 Å². The summed E-state index contributed by atoms with van der Waals surface area (Å²) in [5.74, 6) is 0.224. The van der Waals surface area contributed by atoms with Gasteiger partial charge >= 0.3 is 0 Å². The zero-order chi connectivity index (χ0) is 14.9. The Morgan fingerprint density at radius 3 is 2.52 bits per heavy atom. The molecule has 0 spiro atoms. The highest BCUT2D eigenvalue weighted by Crippen LogP contribution is 2.50. The molecule has 1 heterocycles. The lowest BCUT2D eigenvalue weighted by molar-refractivity contribution is -0.131. The second-order valence-electron chi connectivity index (χ2n) is 6.75. The number of halogens is 1. The molecule has 1 aliphatic heterocycles. The third-order valence-corrected chi connectivity index (χ3v) is 5.83. The maximum atomic E-state index is 12.6. The van der Waals surface area contributed by atoms with E-state index >= 15 is 0 Å². The SMILES string of the molecule is CC1(C(=O)NCC2(c3ccccc3Br)CC2)CCNCC1. The molecular formula is C17H23BrN2O. The Bertz CT molecular complexity index is 533. The predicted molar refractivity (Wildman–Crippen MR) is 88.3 cm³/mol. The molecule has 1 aromatic rings. The minimum absolute atomic E-state index is 0.152. The van der Waals surface area contributed by atoms with E-state index in [-0.39, 0.29) is 16.7 Å². The van der Waals surface area contributed by atoms with Gasteiger partial charge in [0.05, 0.1) is 0 Å². The van der Waals surface area contributed by atoms with E-state index in [0.717, 1.165) is 49.8 Å². The summed E-state index contributed by atoms with van der Waals surface area (Å²) in [5.41, 5.74) is 1.29. The number of hydrogen-bond donors (Lipinski definition) is 2. The van der Waals surface area contributed by atoms with Gasteiger partial charge in [-0.2, -0.15) is 0 Å². The van der Waals surface area contributed by atoms with Crippen molar-refractivity contribution in [2.75, 3.05) is 19.6 Å². The average molecular weight is 351 g/mol. The molecule has 1 aromatic carbocycles. The van der Waals surface area contributed by atoms with Crippen LogP contribution in [0.15, 0.2) is 28.7 Å². The van der Waals surface area contributed by atoms with E-state index in [1.807, 2.05) is 6.07 Å². The normalized spacial score (nSPS) is 22.6. The molecular weight excluding hydrogens is 328 g/mol. The zero-order valence-corrected chi connectivity index (χ0v) is 14.1. The highest BCUT2D eigenvalue weighted by Gasteiger charge is 2.46. The van der Waals surface area contributed by atoms with Gasteiger partial charge in [0.1, 0.15) is 0 Å². The molecule has 2 fully saturated rings. The summed E-state index contributed by atoms with van der Waals surface area (Å²) in [4.78, 5) is 12.6. The molecule has 0 atom stereocenters. The summed E-state index contributed by atoms with van der Waals surface area (Å²) in [6.07, 6.45) is 4.18. The molecule has 1 saturated heterocycles. The van der Waals surface area contributed by atoms with E-state index in [1.54, 1.807) is 0 Å². The number of rotatable bonds is 4. The van der Waals surface area contributed by atoms with Crippen molar-refractivity contribution < 1.29 is 4.79 Å². The number of piperidine rings is 1. The lowest BCUT2D eigenvalue weighted by atomic mass is 9.80. The van der Waals surface area contributed by atoms with Crippen molar-refractivity contribution in [1.29, 1.82) is 0 Å². The van der Waals surface area contributed by atoms with Crippen LogP contribution in [0.4, 0.5) is 0 Å². The van der Waals surface area contributed by atoms with E-state index in [2.05, 4.69) is 51.7 Å². The van der Waals surface area contributed by atoms with Gasteiger partial charge in [0.15, 0.2) is 0 Å². The summed E-state index contributed by atoms with van der Waals surface area (Å²) in [5, 5.41) is 6.56. The number of carbonyl (C=O) groups is 1. The molecule has 0 bridgehead atoms. The van der Waals surface area contributed by atoms with Crippen LogP contribution in [-0.4, -0.2) is 25.5 Å². The van der Waals surface area contributed by atoms with E-state index in [1.165, 1.54) is 5.56 Å². The third-order valence-electron chi connectivity index (χ3n) is 5.14. The number of benzene rings is 1. The Hall–Kier alpha value is -0.870. The number of carbonyl (C=O) groups excluding carboxylic acids is 1. The Labute approximate surface area is 135 Å². The Morgan fingerprint density at radius 2 is 1.90 bits per heavy atom. The number of amides is 1. The van der Waals surface area contributed by atoms with Crippen LogP contribution in [-0.2, 0) is 10.2 Å². The summed E-state index contributed by atoms with van der Waals surface area (Å²) in [7, 11) is 0. The Balaban J connectivity index is 1.65. The topological polar surface area (TPSA) is 41.1 Å². The molecule has 1 amide bonds. The summed E-state index contributed by atoms with van der Waals surface area (Å²) in [6.45, 7) is 4.75. The molecule has 2 aliphatic rings. The zero-order valence-electron chi connectivity index (χ0n) is 12.5. The van der Waals surface area contributed by atoms with Crippen molar-refractivity contribution >= 4 is 21.8 Å². The molecule has 0 aromatic heterocycles. The van der Waals surface area contributed by atoms with Crippen LogP contribution in [0.25, 0.3) is 0 Å². The fourth-order valence-electron chi connectivity index (χ4n) is 3.25. The molecule has 4 heteroatoms. The first-order chi connectivity index (χ1) is 10.1. The number of hydrogen-bond acceptors (Lipinski definition) is 2. The first-order valence-corrected chi connectivity index (χ1v) is 8.59. The third kappa shape index (κ3) is 3.02. The van der Waals surface area contributed by atoms with Crippen LogP contribution in [0.3, 0.4) is 0 Å². The second kappa shape index (κ2) is 5.73. The largest absolute Gasteiger partial charge is 0.355 e. The van der Waals surface area contributed by atoms with Crippen LogP contribution in [0.1, 0.15) is 38.2 Å². The van der Waals surface area contributed by atoms with Crippen LogP contribution in [0, 0.1) is 5.41 Å². The summed E-state index contributed by atoms with van der Waals surface area (Å²) < 4.78 is 1.16. The quantitative estimate of drug-likeness (QED) is 0.876. The minimum atomic E-state index is -0.199. The Kier molecular flexibility index (Phi) is 4.10. The first-order valence-electron chi connectivity index (χ1n) is 7.80. The van der Waals surface area contributed by atoms with Crippen LogP contribution in [0.2, 0.25) is 0 Å². The van der Waals surface area contributed by atoms with Crippen LogP contribution >= 0.6 is 15.9 Å². The standard InChI is InChI=1S/C17H23BrN2O/c1-16(8-10-19-11-9-16)15(21)20-12-17(6-7-17)13-4-2-3-5-14(13)18/h2-5,19H,6-12H2,1H3,(H,20,21). The van der Waals surface area contributed by atoms with Crippen molar-refractivity contribution in [2.45, 2.75) is 38.0 Å². The van der Waals surface area contributed by atoms with Gasteiger partial charge in [-0.3, -0.25) is 4.79 Å². The molecule has 0 radical (unpaired) electrons. The molecule has 1 aliphatic carbocycles. The second-order valence-corrected chi connectivity index (χ2v) is 7.61. The first kappa shape index (κ1) is 15.0. The van der Waals surface area contributed by atoms with Crippen LogP contribution < -0.4 is 10.6 Å². The minimum Gasteiger partial charge on any atom is -0.355 e. The maximum Gasteiger partial charge on any atom is 0.226 e. The van der Waals surface area contributed by atoms with Crippen molar-refractivity contribution in [3.8, 4) is 0 Å². The molecule has 1 saturated carbocycles. The van der Waals surface area contributed by atoms with Crippen molar-refractivity contribution in [3.05, 3.63) is 34.3 Å². The smallest absolute Gasteiger partial charge is 0.226 e. The molecule has 21 heavy (non-hydrogen) atoms. The van der Waals surface area contributed by atoms with Gasteiger partial charge in [0, 0.05) is 21.8 Å². The average Bonchev–Trinajstić information content (AvgIpc) is 3.27. The van der Waals surface area contributed by atoms with E-state index in [4.69, 9.17) is 0 Å². The van der Waals surface area contributed by atoms with Crippen molar-refractivity contribution in [3.63, 3.8) is 0 Å². The van der Waals surface area contributed by atoms with Gasteiger partial charge in [-0.05, 0) is 50.4 Å². The Morgan fingerprint density at radius 1 is 1.24 bits per heavy atom.